The minimum Gasteiger partial charge on any atom is -0.497 e. The summed E-state index contributed by atoms with van der Waals surface area (Å²) in [4.78, 5) is 24.9. The van der Waals surface area contributed by atoms with Crippen molar-refractivity contribution in [1.29, 1.82) is 5.26 Å². The molecule has 0 aliphatic carbocycles. The van der Waals surface area contributed by atoms with E-state index in [9.17, 15) is 14.9 Å². The molecule has 8 heteroatoms. The largest absolute Gasteiger partial charge is 0.497 e. The summed E-state index contributed by atoms with van der Waals surface area (Å²) in [6.07, 6.45) is 1.47. The van der Waals surface area contributed by atoms with Crippen molar-refractivity contribution in [2.24, 2.45) is 0 Å². The number of ether oxygens (including phenoxy) is 4. The minimum atomic E-state index is -0.870. The Morgan fingerprint density at radius 1 is 1.09 bits per heavy atom. The van der Waals surface area contributed by atoms with Gasteiger partial charge >= 0.3 is 5.97 Å². The molecule has 2 heterocycles. The van der Waals surface area contributed by atoms with E-state index >= 15 is 0 Å². The minimum absolute atomic E-state index is 0.0946. The first-order valence-electron chi connectivity index (χ1n) is 10.5. The summed E-state index contributed by atoms with van der Waals surface area (Å²) in [5.41, 5.74) is 3.52. The molecule has 4 rings (SSSR count). The Labute approximate surface area is 196 Å². The summed E-state index contributed by atoms with van der Waals surface area (Å²) < 4.78 is 22.8. The standard InChI is InChI=1S/C26H22N2O6/c1-16-10-19(17(2)28(16)21-5-7-22(31-3)8-6-21)11-20(13-27)26(30)32-14-23(29)18-4-9-24-25(12-18)34-15-33-24/h4-12H,14-15H2,1-3H3. The first-order chi connectivity index (χ1) is 16.4. The number of rotatable bonds is 7. The predicted octanol–water partition coefficient (Wildman–Crippen LogP) is 4.16. The van der Waals surface area contributed by atoms with E-state index < -0.39 is 18.4 Å². The maximum atomic E-state index is 12.5. The van der Waals surface area contributed by atoms with Gasteiger partial charge in [0, 0.05) is 22.6 Å². The smallest absolute Gasteiger partial charge is 0.349 e. The topological polar surface area (TPSA) is 99.8 Å². The normalized spacial score (nSPS) is 12.2. The maximum absolute atomic E-state index is 12.5. The number of methoxy groups -OCH3 is 1. The number of Topliss-reactive ketones (excluding diaryl/α,β-unsaturated/α-hetero) is 1. The third kappa shape index (κ3) is 4.50. The average Bonchev–Trinajstić information content (AvgIpc) is 3.43. The monoisotopic (exact) mass is 458 g/mol. The lowest BCUT2D eigenvalue weighted by Crippen LogP contribution is -2.15. The highest BCUT2D eigenvalue weighted by Gasteiger charge is 2.19. The van der Waals surface area contributed by atoms with Crippen LogP contribution in [0.3, 0.4) is 0 Å². The summed E-state index contributed by atoms with van der Waals surface area (Å²) in [5.74, 6) is 0.473. The third-order valence-corrected chi connectivity index (χ3v) is 5.47. The zero-order valence-corrected chi connectivity index (χ0v) is 19.0. The molecule has 1 aliphatic rings. The van der Waals surface area contributed by atoms with Crippen molar-refractivity contribution in [3.05, 3.63) is 76.6 Å². The fraction of sp³-hybridized carbons (Fsp3) is 0.192. The molecule has 172 valence electrons. The highest BCUT2D eigenvalue weighted by atomic mass is 16.7. The van der Waals surface area contributed by atoms with Crippen molar-refractivity contribution in [3.63, 3.8) is 0 Å². The van der Waals surface area contributed by atoms with Gasteiger partial charge in [-0.25, -0.2) is 4.79 Å². The number of nitriles is 1. The number of fused-ring (bicyclic) bond motifs is 1. The molecule has 0 spiro atoms. The van der Waals surface area contributed by atoms with Crippen LogP contribution in [0.4, 0.5) is 0 Å². The van der Waals surface area contributed by atoms with Gasteiger partial charge in [0.15, 0.2) is 23.9 Å². The number of aromatic nitrogens is 1. The number of nitrogens with zero attached hydrogens (tertiary/aromatic N) is 2. The highest BCUT2D eigenvalue weighted by molar-refractivity contribution is 6.02. The van der Waals surface area contributed by atoms with Crippen LogP contribution in [0.1, 0.15) is 27.3 Å². The lowest BCUT2D eigenvalue weighted by Gasteiger charge is -2.10. The van der Waals surface area contributed by atoms with Gasteiger partial charge in [-0.05, 0) is 74.0 Å². The molecule has 34 heavy (non-hydrogen) atoms. The van der Waals surface area contributed by atoms with Crippen LogP contribution >= 0.6 is 0 Å². The van der Waals surface area contributed by atoms with Crippen LogP contribution in [0.15, 0.2) is 54.1 Å². The number of hydrogen-bond acceptors (Lipinski definition) is 7. The molecule has 0 amide bonds. The summed E-state index contributed by atoms with van der Waals surface area (Å²) in [7, 11) is 1.61. The van der Waals surface area contributed by atoms with Crippen molar-refractivity contribution in [1.82, 2.24) is 4.57 Å². The van der Waals surface area contributed by atoms with Gasteiger partial charge < -0.3 is 23.5 Å². The summed E-state index contributed by atoms with van der Waals surface area (Å²) in [5, 5.41) is 9.53. The zero-order valence-electron chi connectivity index (χ0n) is 19.0. The Hall–Kier alpha value is -4.51. The molecule has 3 aromatic rings. The van der Waals surface area contributed by atoms with Crippen LogP contribution in [0, 0.1) is 25.2 Å². The molecule has 8 nitrogen and oxygen atoms in total. The van der Waals surface area contributed by atoms with E-state index in [1.807, 2.05) is 54.8 Å². The third-order valence-electron chi connectivity index (χ3n) is 5.47. The van der Waals surface area contributed by atoms with Gasteiger partial charge in [0.2, 0.25) is 6.79 Å². The summed E-state index contributed by atoms with van der Waals surface area (Å²) in [6, 6.07) is 16.0. The van der Waals surface area contributed by atoms with E-state index in [1.54, 1.807) is 19.2 Å². The van der Waals surface area contributed by atoms with Gasteiger partial charge in [-0.1, -0.05) is 0 Å². The van der Waals surface area contributed by atoms with Gasteiger partial charge in [0.25, 0.3) is 0 Å². The van der Waals surface area contributed by atoms with Crippen molar-refractivity contribution in [2.75, 3.05) is 20.5 Å². The second kappa shape index (κ2) is 9.55. The van der Waals surface area contributed by atoms with E-state index in [-0.39, 0.29) is 12.4 Å². The molecule has 2 aromatic carbocycles. The molecule has 0 radical (unpaired) electrons. The number of esters is 1. The van der Waals surface area contributed by atoms with Gasteiger partial charge in [0.1, 0.15) is 17.4 Å². The molecule has 0 unspecified atom stereocenters. The first kappa shape index (κ1) is 22.7. The molecule has 0 saturated heterocycles. The van der Waals surface area contributed by atoms with Crippen LogP contribution in [-0.4, -0.2) is 36.8 Å². The SMILES string of the molecule is COc1ccc(-n2c(C)cc(C=C(C#N)C(=O)OCC(=O)c3ccc4c(c3)OCO4)c2C)cc1. The van der Waals surface area contributed by atoms with E-state index in [2.05, 4.69) is 0 Å². The van der Waals surface area contributed by atoms with Crippen LogP contribution in [-0.2, 0) is 9.53 Å². The first-order valence-corrected chi connectivity index (χ1v) is 10.5. The Morgan fingerprint density at radius 2 is 1.82 bits per heavy atom. The van der Waals surface area contributed by atoms with Crippen LogP contribution in [0.2, 0.25) is 0 Å². The van der Waals surface area contributed by atoms with Gasteiger partial charge in [-0.2, -0.15) is 5.26 Å². The molecule has 0 saturated carbocycles. The Kier molecular flexibility index (Phi) is 6.37. The Bertz CT molecular complexity index is 1330. The molecule has 1 aromatic heterocycles. The molecular weight excluding hydrogens is 436 g/mol. The molecular formula is C26H22N2O6. The van der Waals surface area contributed by atoms with Crippen molar-refractivity contribution >= 4 is 17.8 Å². The van der Waals surface area contributed by atoms with Gasteiger partial charge in [0.05, 0.1) is 7.11 Å². The second-order valence-corrected chi connectivity index (χ2v) is 7.60. The summed E-state index contributed by atoms with van der Waals surface area (Å²) in [6.45, 7) is 3.43. The lowest BCUT2D eigenvalue weighted by molar-refractivity contribution is -0.137. The Morgan fingerprint density at radius 3 is 2.53 bits per heavy atom. The molecule has 1 aliphatic heterocycles. The molecule has 0 N–H and O–H groups in total. The molecule has 0 atom stereocenters. The van der Waals surface area contributed by atoms with E-state index in [0.29, 0.717) is 22.6 Å². The quantitative estimate of drug-likeness (QED) is 0.227. The second-order valence-electron chi connectivity index (χ2n) is 7.60. The molecule has 0 bridgehead atoms. The maximum Gasteiger partial charge on any atom is 0.349 e. The van der Waals surface area contributed by atoms with Crippen LogP contribution in [0.25, 0.3) is 11.8 Å². The van der Waals surface area contributed by atoms with Gasteiger partial charge in [-0.3, -0.25) is 4.79 Å². The number of benzene rings is 2. The van der Waals surface area contributed by atoms with Crippen molar-refractivity contribution in [2.45, 2.75) is 13.8 Å². The van der Waals surface area contributed by atoms with Crippen LogP contribution in [0.5, 0.6) is 17.2 Å². The lowest BCUT2D eigenvalue weighted by atomic mass is 10.1. The predicted molar refractivity (Wildman–Crippen MR) is 123 cm³/mol. The Balaban J connectivity index is 1.49. The average molecular weight is 458 g/mol. The number of aryl methyl sites for hydroxylation is 1. The van der Waals surface area contributed by atoms with Crippen LogP contribution < -0.4 is 14.2 Å². The number of hydrogen-bond donors (Lipinski definition) is 0. The van der Waals surface area contributed by atoms with E-state index in [4.69, 9.17) is 18.9 Å². The van der Waals surface area contributed by atoms with E-state index in [1.165, 1.54) is 12.1 Å². The van der Waals surface area contributed by atoms with Crippen molar-refractivity contribution in [3.8, 4) is 29.0 Å². The number of carbonyl (C=O) groups is 2. The van der Waals surface area contributed by atoms with E-state index in [0.717, 1.165) is 22.8 Å². The van der Waals surface area contributed by atoms with Gasteiger partial charge in [-0.15, -0.1) is 0 Å². The fourth-order valence-electron chi connectivity index (χ4n) is 3.72. The zero-order chi connectivity index (χ0) is 24.2. The summed E-state index contributed by atoms with van der Waals surface area (Å²) >= 11 is 0. The highest BCUT2D eigenvalue weighted by Crippen LogP contribution is 2.32. The fourth-order valence-corrected chi connectivity index (χ4v) is 3.72. The number of ketones is 1. The van der Waals surface area contributed by atoms with Crippen molar-refractivity contribution < 1.29 is 28.5 Å². The molecule has 0 fully saturated rings. The number of carbonyl (C=O) groups excluding carboxylic acids is 2.